The van der Waals surface area contributed by atoms with E-state index >= 15 is 0 Å². The summed E-state index contributed by atoms with van der Waals surface area (Å²) in [4.78, 5) is 12.1. The van der Waals surface area contributed by atoms with Crippen molar-refractivity contribution in [1.82, 2.24) is 5.32 Å². The van der Waals surface area contributed by atoms with Crippen molar-refractivity contribution in [3.63, 3.8) is 0 Å². The molecule has 1 amide bonds. The number of fused-ring (bicyclic) bond motifs is 1. The van der Waals surface area contributed by atoms with Crippen LogP contribution >= 0.6 is 0 Å². The second kappa shape index (κ2) is 8.02. The molecule has 0 saturated carbocycles. The third-order valence-electron chi connectivity index (χ3n) is 3.74. The maximum atomic E-state index is 12.1. The Morgan fingerprint density at radius 2 is 2.10 bits per heavy atom. The fourth-order valence-corrected chi connectivity index (χ4v) is 2.64. The van der Waals surface area contributed by atoms with Crippen LogP contribution < -0.4 is 11.1 Å². The Hall–Kier alpha value is -1.39. The van der Waals surface area contributed by atoms with Gasteiger partial charge < -0.3 is 15.8 Å². The van der Waals surface area contributed by atoms with Gasteiger partial charge in [0.2, 0.25) is 5.91 Å². The standard InChI is InChI=1S/C16H24N2O2/c17-8-11-20-10-3-9-18-16(19)15-7-6-13-4-1-2-5-14(13)12-15/h1-2,4-5,15H,3,6-12,17H2,(H,18,19). The molecule has 0 aliphatic heterocycles. The Bertz CT molecular complexity index is 434. The highest BCUT2D eigenvalue weighted by Gasteiger charge is 2.23. The second-order valence-corrected chi connectivity index (χ2v) is 5.25. The van der Waals surface area contributed by atoms with Gasteiger partial charge in [-0.25, -0.2) is 0 Å². The molecule has 0 aromatic heterocycles. The zero-order valence-corrected chi connectivity index (χ0v) is 11.9. The molecule has 110 valence electrons. The molecule has 0 fully saturated rings. The van der Waals surface area contributed by atoms with Gasteiger partial charge in [0.1, 0.15) is 0 Å². The number of hydrogen-bond donors (Lipinski definition) is 2. The maximum absolute atomic E-state index is 12.1. The van der Waals surface area contributed by atoms with Crippen LogP contribution in [0, 0.1) is 5.92 Å². The van der Waals surface area contributed by atoms with Crippen molar-refractivity contribution in [3.8, 4) is 0 Å². The lowest BCUT2D eigenvalue weighted by Crippen LogP contribution is -2.35. The molecule has 4 nitrogen and oxygen atoms in total. The first-order valence-electron chi connectivity index (χ1n) is 7.43. The summed E-state index contributed by atoms with van der Waals surface area (Å²) in [5, 5.41) is 3.01. The monoisotopic (exact) mass is 276 g/mol. The Morgan fingerprint density at radius 3 is 2.90 bits per heavy atom. The molecule has 20 heavy (non-hydrogen) atoms. The molecule has 0 saturated heterocycles. The van der Waals surface area contributed by atoms with Crippen molar-refractivity contribution in [2.45, 2.75) is 25.7 Å². The Morgan fingerprint density at radius 1 is 1.30 bits per heavy atom. The van der Waals surface area contributed by atoms with Crippen molar-refractivity contribution in [3.05, 3.63) is 35.4 Å². The topological polar surface area (TPSA) is 64.3 Å². The quantitative estimate of drug-likeness (QED) is 0.737. The average molecular weight is 276 g/mol. The lowest BCUT2D eigenvalue weighted by Gasteiger charge is -2.23. The van der Waals surface area contributed by atoms with E-state index in [2.05, 4.69) is 23.5 Å². The molecular formula is C16H24N2O2. The first kappa shape index (κ1) is 15.0. The van der Waals surface area contributed by atoms with Crippen LogP contribution in [0.4, 0.5) is 0 Å². The summed E-state index contributed by atoms with van der Waals surface area (Å²) >= 11 is 0. The number of carbonyl (C=O) groups excluding carboxylic acids is 1. The average Bonchev–Trinajstić information content (AvgIpc) is 2.50. The van der Waals surface area contributed by atoms with Crippen molar-refractivity contribution in [1.29, 1.82) is 0 Å². The molecule has 1 aliphatic rings. The van der Waals surface area contributed by atoms with Crippen LogP contribution in [0.2, 0.25) is 0 Å². The van der Waals surface area contributed by atoms with E-state index in [-0.39, 0.29) is 11.8 Å². The zero-order chi connectivity index (χ0) is 14.2. The van der Waals surface area contributed by atoms with Gasteiger partial charge in [0.15, 0.2) is 0 Å². The summed E-state index contributed by atoms with van der Waals surface area (Å²) in [6.07, 6.45) is 3.67. The number of nitrogens with one attached hydrogen (secondary N) is 1. The van der Waals surface area contributed by atoms with E-state index in [4.69, 9.17) is 10.5 Å². The van der Waals surface area contributed by atoms with E-state index in [0.717, 1.165) is 25.7 Å². The molecule has 1 aromatic rings. The molecule has 2 rings (SSSR count). The van der Waals surface area contributed by atoms with E-state index in [1.54, 1.807) is 0 Å². The number of rotatable bonds is 7. The molecule has 1 aliphatic carbocycles. The molecule has 1 aromatic carbocycles. The molecule has 3 N–H and O–H groups in total. The van der Waals surface area contributed by atoms with Crippen LogP contribution in [0.5, 0.6) is 0 Å². The van der Waals surface area contributed by atoms with E-state index in [9.17, 15) is 4.79 Å². The molecule has 0 radical (unpaired) electrons. The molecule has 4 heteroatoms. The largest absolute Gasteiger partial charge is 0.380 e. The van der Waals surface area contributed by atoms with Crippen molar-refractivity contribution >= 4 is 5.91 Å². The number of carbonyl (C=O) groups is 1. The molecule has 0 heterocycles. The van der Waals surface area contributed by atoms with Crippen LogP contribution in [0.3, 0.4) is 0 Å². The van der Waals surface area contributed by atoms with Crippen molar-refractivity contribution < 1.29 is 9.53 Å². The number of ether oxygens (including phenoxy) is 1. The van der Waals surface area contributed by atoms with Gasteiger partial charge in [-0.05, 0) is 36.8 Å². The van der Waals surface area contributed by atoms with E-state index in [1.165, 1.54) is 11.1 Å². The van der Waals surface area contributed by atoms with Gasteiger partial charge in [-0.3, -0.25) is 4.79 Å². The van der Waals surface area contributed by atoms with Gasteiger partial charge in [0, 0.05) is 25.6 Å². The summed E-state index contributed by atoms with van der Waals surface area (Å²) in [7, 11) is 0. The van der Waals surface area contributed by atoms with Gasteiger partial charge in [-0.2, -0.15) is 0 Å². The Labute approximate surface area is 120 Å². The first-order valence-corrected chi connectivity index (χ1v) is 7.43. The Balaban J connectivity index is 1.69. The van der Waals surface area contributed by atoms with E-state index in [1.807, 2.05) is 6.07 Å². The van der Waals surface area contributed by atoms with Crippen molar-refractivity contribution in [2.24, 2.45) is 11.7 Å². The molecule has 1 unspecified atom stereocenters. The van der Waals surface area contributed by atoms with Gasteiger partial charge in [0.25, 0.3) is 0 Å². The SMILES string of the molecule is NCCOCCCNC(=O)C1CCc2ccccc2C1. The second-order valence-electron chi connectivity index (χ2n) is 5.25. The lowest BCUT2D eigenvalue weighted by atomic mass is 9.83. The highest BCUT2D eigenvalue weighted by molar-refractivity contribution is 5.79. The zero-order valence-electron chi connectivity index (χ0n) is 11.9. The first-order chi connectivity index (χ1) is 9.81. The van der Waals surface area contributed by atoms with Gasteiger partial charge in [-0.15, -0.1) is 0 Å². The fourth-order valence-electron chi connectivity index (χ4n) is 2.64. The van der Waals surface area contributed by atoms with Gasteiger partial charge in [0.05, 0.1) is 6.61 Å². The van der Waals surface area contributed by atoms with E-state index < -0.39 is 0 Å². The number of nitrogens with two attached hydrogens (primary N) is 1. The molecule has 0 spiro atoms. The van der Waals surface area contributed by atoms with Crippen LogP contribution in [0.15, 0.2) is 24.3 Å². The lowest BCUT2D eigenvalue weighted by molar-refractivity contribution is -0.125. The van der Waals surface area contributed by atoms with Crippen LogP contribution in [-0.4, -0.2) is 32.2 Å². The minimum absolute atomic E-state index is 0.120. The highest BCUT2D eigenvalue weighted by atomic mass is 16.5. The van der Waals surface area contributed by atoms with Crippen molar-refractivity contribution in [2.75, 3.05) is 26.3 Å². The Kier molecular flexibility index (Phi) is 6.02. The normalized spacial score (nSPS) is 17.6. The number of amides is 1. The third-order valence-corrected chi connectivity index (χ3v) is 3.74. The summed E-state index contributed by atoms with van der Waals surface area (Å²) in [6, 6.07) is 8.42. The fraction of sp³-hybridized carbons (Fsp3) is 0.562. The van der Waals surface area contributed by atoms with Gasteiger partial charge >= 0.3 is 0 Å². The number of hydrogen-bond acceptors (Lipinski definition) is 3. The maximum Gasteiger partial charge on any atom is 0.223 e. The summed E-state index contributed by atoms with van der Waals surface area (Å²) in [5.41, 5.74) is 8.05. The molecule has 1 atom stereocenters. The van der Waals surface area contributed by atoms with E-state index in [0.29, 0.717) is 26.3 Å². The minimum atomic E-state index is 0.120. The van der Waals surface area contributed by atoms with Crippen LogP contribution in [0.25, 0.3) is 0 Å². The van der Waals surface area contributed by atoms with Crippen LogP contribution in [0.1, 0.15) is 24.0 Å². The molecule has 0 bridgehead atoms. The highest BCUT2D eigenvalue weighted by Crippen LogP contribution is 2.25. The van der Waals surface area contributed by atoms with Crippen LogP contribution in [-0.2, 0) is 22.4 Å². The minimum Gasteiger partial charge on any atom is -0.380 e. The molecular weight excluding hydrogens is 252 g/mol. The predicted octanol–water partition coefficient (Wildman–Crippen LogP) is 1.27. The third kappa shape index (κ3) is 4.32. The smallest absolute Gasteiger partial charge is 0.223 e. The summed E-state index contributed by atoms with van der Waals surface area (Å²) in [5.74, 6) is 0.299. The van der Waals surface area contributed by atoms with Gasteiger partial charge in [-0.1, -0.05) is 24.3 Å². The summed E-state index contributed by atoms with van der Waals surface area (Å²) in [6.45, 7) is 2.48. The number of benzene rings is 1. The summed E-state index contributed by atoms with van der Waals surface area (Å²) < 4.78 is 5.28. The predicted molar refractivity (Wildman–Crippen MR) is 79.5 cm³/mol. The number of aryl methyl sites for hydroxylation is 1.